The molecule has 0 radical (unpaired) electrons. The molecule has 0 aliphatic carbocycles. The van der Waals surface area contributed by atoms with Gasteiger partial charge in [0.25, 0.3) is 5.95 Å². The van der Waals surface area contributed by atoms with Crippen molar-refractivity contribution < 1.29 is 14.6 Å². The lowest BCUT2D eigenvalue weighted by atomic mass is 9.94. The molecule has 10 nitrogen and oxygen atoms in total. The van der Waals surface area contributed by atoms with Crippen LogP contribution >= 0.6 is 0 Å². The summed E-state index contributed by atoms with van der Waals surface area (Å²) in [6.07, 6.45) is 2.98. The van der Waals surface area contributed by atoms with Gasteiger partial charge in [-0.2, -0.15) is 4.52 Å². The van der Waals surface area contributed by atoms with Crippen molar-refractivity contribution in [3.8, 4) is 11.3 Å². The first kappa shape index (κ1) is 26.5. The average molecular weight is 508 g/mol. The van der Waals surface area contributed by atoms with E-state index in [1.165, 1.54) is 0 Å². The summed E-state index contributed by atoms with van der Waals surface area (Å²) in [7, 11) is 3.76. The van der Waals surface area contributed by atoms with Crippen LogP contribution in [0.2, 0.25) is 0 Å². The highest BCUT2D eigenvalue weighted by atomic mass is 16.6. The Balaban J connectivity index is 1.84. The predicted octanol–water partition coefficient (Wildman–Crippen LogP) is 4.35. The van der Waals surface area contributed by atoms with Crippen molar-refractivity contribution in [2.75, 3.05) is 27.2 Å². The Kier molecular flexibility index (Phi) is 7.23. The molecule has 10 heteroatoms. The summed E-state index contributed by atoms with van der Waals surface area (Å²) in [5.41, 5.74) is 0.706. The second-order valence-corrected chi connectivity index (χ2v) is 11.2. The van der Waals surface area contributed by atoms with E-state index in [2.05, 4.69) is 4.99 Å². The monoisotopic (exact) mass is 507 g/mol. The Morgan fingerprint density at radius 2 is 1.86 bits per heavy atom. The van der Waals surface area contributed by atoms with Crippen LogP contribution in [0.1, 0.15) is 64.8 Å². The SMILES string of the molecule is CN(C)C=Nc1nc(-c2ccccc2)c(C(C)(C)O)c2nc(C3CCCN(C(=O)OC(C)(C)C)C3)nn12. The van der Waals surface area contributed by atoms with Gasteiger partial charge in [-0.3, -0.25) is 0 Å². The smallest absolute Gasteiger partial charge is 0.410 e. The minimum absolute atomic E-state index is 0.0818. The molecular formula is C27H37N7O3. The number of amides is 1. The van der Waals surface area contributed by atoms with Gasteiger partial charge in [-0.05, 0) is 47.5 Å². The molecule has 37 heavy (non-hydrogen) atoms. The molecule has 1 amide bonds. The molecule has 3 heterocycles. The summed E-state index contributed by atoms with van der Waals surface area (Å²) in [4.78, 5) is 30.6. The van der Waals surface area contributed by atoms with E-state index in [1.54, 1.807) is 29.6 Å². The largest absolute Gasteiger partial charge is 0.444 e. The number of piperidine rings is 1. The van der Waals surface area contributed by atoms with Crippen molar-refractivity contribution in [1.82, 2.24) is 29.4 Å². The van der Waals surface area contributed by atoms with Gasteiger partial charge in [-0.1, -0.05) is 30.3 Å². The Labute approximate surface area is 218 Å². The van der Waals surface area contributed by atoms with Gasteiger partial charge in [0.1, 0.15) is 5.60 Å². The minimum atomic E-state index is -1.25. The zero-order chi connectivity index (χ0) is 27.0. The average Bonchev–Trinajstić information content (AvgIpc) is 3.26. The highest BCUT2D eigenvalue weighted by Crippen LogP contribution is 2.36. The number of aliphatic imine (C=N–C) groups is 1. The summed E-state index contributed by atoms with van der Waals surface area (Å²) in [5, 5.41) is 16.1. The Morgan fingerprint density at radius 3 is 2.49 bits per heavy atom. The molecule has 1 saturated heterocycles. The first-order valence-corrected chi connectivity index (χ1v) is 12.6. The highest BCUT2D eigenvalue weighted by Gasteiger charge is 2.33. The molecule has 0 saturated carbocycles. The van der Waals surface area contributed by atoms with Gasteiger partial charge in [0, 0.05) is 38.7 Å². The maximum Gasteiger partial charge on any atom is 0.410 e. The first-order valence-electron chi connectivity index (χ1n) is 12.6. The number of nitrogens with zero attached hydrogens (tertiary/aromatic N) is 7. The summed E-state index contributed by atoms with van der Waals surface area (Å²) in [6, 6.07) is 9.70. The number of fused-ring (bicyclic) bond motifs is 1. The van der Waals surface area contributed by atoms with E-state index in [0.29, 0.717) is 41.8 Å². The van der Waals surface area contributed by atoms with Gasteiger partial charge in [-0.25, -0.2) is 19.8 Å². The molecular weight excluding hydrogens is 470 g/mol. The van der Waals surface area contributed by atoms with E-state index in [9.17, 15) is 9.90 Å². The molecule has 2 aromatic heterocycles. The fourth-order valence-corrected chi connectivity index (χ4v) is 4.41. The molecule has 1 unspecified atom stereocenters. The fourth-order valence-electron chi connectivity index (χ4n) is 4.41. The summed E-state index contributed by atoms with van der Waals surface area (Å²) >= 11 is 0. The fraction of sp³-hybridized carbons (Fsp3) is 0.519. The van der Waals surface area contributed by atoms with E-state index >= 15 is 0 Å². The lowest BCUT2D eigenvalue weighted by Crippen LogP contribution is -2.42. The molecule has 3 aromatic rings. The second kappa shape index (κ2) is 10.1. The zero-order valence-corrected chi connectivity index (χ0v) is 22.8. The standard InChI is InChI=1S/C27H37N7O3/c1-26(2,3)37-25(35)33-15-11-14-19(16-33)22-30-23-20(27(4,5)36)21(18-12-9-8-10-13-18)29-24(34(23)31-22)28-17-32(6)7/h8-10,12-13,17,19,36H,11,14-16H2,1-7H3. The molecule has 1 aliphatic rings. The van der Waals surface area contributed by atoms with Gasteiger partial charge >= 0.3 is 6.09 Å². The van der Waals surface area contributed by atoms with Crippen LogP contribution in [-0.4, -0.2) is 79.7 Å². The second-order valence-electron chi connectivity index (χ2n) is 11.2. The van der Waals surface area contributed by atoms with Crippen LogP contribution in [-0.2, 0) is 10.3 Å². The van der Waals surface area contributed by atoms with E-state index in [0.717, 1.165) is 18.4 Å². The van der Waals surface area contributed by atoms with Gasteiger partial charge in [-0.15, -0.1) is 5.10 Å². The van der Waals surface area contributed by atoms with Gasteiger partial charge in [0.2, 0.25) is 0 Å². The van der Waals surface area contributed by atoms with E-state index in [-0.39, 0.29) is 12.0 Å². The van der Waals surface area contributed by atoms with Gasteiger partial charge in [0.15, 0.2) is 11.5 Å². The van der Waals surface area contributed by atoms with E-state index in [4.69, 9.17) is 19.8 Å². The third-order valence-corrected chi connectivity index (χ3v) is 5.99. The van der Waals surface area contributed by atoms with Crippen LogP contribution < -0.4 is 0 Å². The molecule has 1 aromatic carbocycles. The first-order chi connectivity index (χ1) is 17.3. The minimum Gasteiger partial charge on any atom is -0.444 e. The van der Waals surface area contributed by atoms with Crippen molar-refractivity contribution in [3.05, 3.63) is 41.7 Å². The molecule has 1 N–H and O–H groups in total. The number of benzene rings is 1. The van der Waals surface area contributed by atoms with Crippen LogP contribution in [0.3, 0.4) is 0 Å². The van der Waals surface area contributed by atoms with Crippen molar-refractivity contribution in [2.45, 2.75) is 64.6 Å². The summed E-state index contributed by atoms with van der Waals surface area (Å²) in [6.45, 7) is 10.1. The predicted molar refractivity (Wildman–Crippen MR) is 143 cm³/mol. The number of ether oxygens (including phenoxy) is 1. The van der Waals surface area contributed by atoms with Crippen molar-refractivity contribution in [3.63, 3.8) is 0 Å². The number of carbonyl (C=O) groups is 1. The van der Waals surface area contributed by atoms with Crippen LogP contribution in [0, 0.1) is 0 Å². The summed E-state index contributed by atoms with van der Waals surface area (Å²) < 4.78 is 7.20. The van der Waals surface area contributed by atoms with Crippen molar-refractivity contribution in [2.24, 2.45) is 4.99 Å². The zero-order valence-electron chi connectivity index (χ0n) is 22.8. The lowest BCUT2D eigenvalue weighted by molar-refractivity contribution is 0.0196. The topological polar surface area (TPSA) is 108 Å². The van der Waals surface area contributed by atoms with Gasteiger partial charge < -0.3 is 19.6 Å². The van der Waals surface area contributed by atoms with Crippen LogP contribution in [0.15, 0.2) is 35.3 Å². The molecule has 1 fully saturated rings. The number of likely N-dealkylation sites (tertiary alicyclic amines) is 1. The third-order valence-electron chi connectivity index (χ3n) is 5.99. The molecule has 0 bridgehead atoms. The van der Waals surface area contributed by atoms with Crippen LogP contribution in [0.25, 0.3) is 16.9 Å². The number of rotatable bonds is 5. The van der Waals surface area contributed by atoms with E-state index in [1.807, 2.05) is 70.1 Å². The summed E-state index contributed by atoms with van der Waals surface area (Å²) in [5.74, 6) is 0.864. The maximum atomic E-state index is 12.7. The maximum absolute atomic E-state index is 12.7. The van der Waals surface area contributed by atoms with Crippen molar-refractivity contribution >= 4 is 24.0 Å². The van der Waals surface area contributed by atoms with E-state index < -0.39 is 11.2 Å². The Hall–Kier alpha value is -3.53. The third kappa shape index (κ3) is 6.07. The highest BCUT2D eigenvalue weighted by molar-refractivity contribution is 5.74. The van der Waals surface area contributed by atoms with Gasteiger partial charge in [0.05, 0.1) is 23.2 Å². The Morgan fingerprint density at radius 1 is 1.16 bits per heavy atom. The molecule has 198 valence electrons. The molecule has 4 rings (SSSR count). The molecule has 0 spiro atoms. The van der Waals surface area contributed by atoms with Crippen LogP contribution in [0.4, 0.5) is 10.7 Å². The number of aromatic nitrogens is 4. The normalized spacial score (nSPS) is 17.0. The number of carbonyl (C=O) groups excluding carboxylic acids is 1. The van der Waals surface area contributed by atoms with Crippen LogP contribution in [0.5, 0.6) is 0 Å². The number of hydrogen-bond donors (Lipinski definition) is 1. The number of aliphatic hydroxyl groups is 1. The quantitative estimate of drug-likeness (QED) is 0.404. The number of hydrogen-bond acceptors (Lipinski definition) is 7. The molecule has 1 atom stereocenters. The lowest BCUT2D eigenvalue weighted by Gasteiger charge is -2.33. The Bertz CT molecular complexity index is 1290. The van der Waals surface area contributed by atoms with Crippen molar-refractivity contribution in [1.29, 1.82) is 0 Å². The molecule has 1 aliphatic heterocycles.